The highest BCUT2D eigenvalue weighted by Crippen LogP contribution is 2.18. The molecule has 1 rings (SSSR count). The number of rotatable bonds is 3. The predicted molar refractivity (Wildman–Crippen MR) is 43.6 cm³/mol. The van der Waals surface area contributed by atoms with Gasteiger partial charge in [0.15, 0.2) is 18.4 Å². The molecular weight excluding hydrogens is 173 g/mol. The Bertz CT molecular complexity index is 333. The van der Waals surface area contributed by atoms with Crippen LogP contribution in [0.2, 0.25) is 0 Å². The molecule has 0 aliphatic rings. The first-order chi connectivity index (χ1) is 6.27. The minimum Gasteiger partial charge on any atom is -0.464 e. The van der Waals surface area contributed by atoms with Crippen LogP contribution in [0.3, 0.4) is 0 Å². The van der Waals surface area contributed by atoms with Crippen molar-refractivity contribution in [2.45, 2.75) is 0 Å². The molecule has 4 heteroatoms. The standard InChI is InChI=1S/C9H8FNO2/c1-12-6-13-9-4-7(5-11)2-3-8(9)10/h2-4H,6H2,1H3. The van der Waals surface area contributed by atoms with Crippen LogP contribution in [-0.4, -0.2) is 13.9 Å². The topological polar surface area (TPSA) is 42.2 Å². The molecule has 0 amide bonds. The largest absolute Gasteiger partial charge is 0.464 e. The second-order valence-electron chi connectivity index (χ2n) is 2.31. The maximum atomic E-state index is 12.9. The molecule has 0 aliphatic carbocycles. The molecule has 1 aromatic carbocycles. The van der Waals surface area contributed by atoms with Gasteiger partial charge in [-0.15, -0.1) is 0 Å². The molecule has 0 radical (unpaired) electrons. The van der Waals surface area contributed by atoms with Crippen LogP contribution in [0.5, 0.6) is 5.75 Å². The molecule has 68 valence electrons. The van der Waals surface area contributed by atoms with Crippen LogP contribution < -0.4 is 4.74 Å². The van der Waals surface area contributed by atoms with Crippen molar-refractivity contribution >= 4 is 0 Å². The summed E-state index contributed by atoms with van der Waals surface area (Å²) in [6, 6.07) is 5.78. The molecule has 0 aromatic heterocycles. The summed E-state index contributed by atoms with van der Waals surface area (Å²) in [5, 5.41) is 8.52. The lowest BCUT2D eigenvalue weighted by atomic mass is 10.2. The van der Waals surface area contributed by atoms with Crippen LogP contribution >= 0.6 is 0 Å². The molecule has 0 fully saturated rings. The van der Waals surface area contributed by atoms with Crippen molar-refractivity contribution in [2.24, 2.45) is 0 Å². The maximum absolute atomic E-state index is 12.9. The van der Waals surface area contributed by atoms with Gasteiger partial charge < -0.3 is 9.47 Å². The first-order valence-corrected chi connectivity index (χ1v) is 3.59. The molecule has 0 heterocycles. The zero-order valence-electron chi connectivity index (χ0n) is 7.08. The third kappa shape index (κ3) is 2.42. The van der Waals surface area contributed by atoms with Crippen molar-refractivity contribution in [3.63, 3.8) is 0 Å². The van der Waals surface area contributed by atoms with Crippen molar-refractivity contribution in [1.29, 1.82) is 5.26 Å². The molecule has 0 unspecified atom stereocenters. The van der Waals surface area contributed by atoms with E-state index in [0.717, 1.165) is 0 Å². The van der Waals surface area contributed by atoms with Gasteiger partial charge in [-0.2, -0.15) is 5.26 Å². The van der Waals surface area contributed by atoms with Gasteiger partial charge in [0.25, 0.3) is 0 Å². The minimum atomic E-state index is -0.504. The molecule has 3 nitrogen and oxygen atoms in total. The van der Waals surface area contributed by atoms with Crippen molar-refractivity contribution in [3.8, 4) is 11.8 Å². The SMILES string of the molecule is COCOc1cc(C#N)ccc1F. The third-order valence-corrected chi connectivity index (χ3v) is 1.39. The Labute approximate surface area is 75.3 Å². The molecule has 1 aromatic rings. The summed E-state index contributed by atoms with van der Waals surface area (Å²) < 4.78 is 22.4. The second kappa shape index (κ2) is 4.43. The fourth-order valence-corrected chi connectivity index (χ4v) is 0.806. The van der Waals surface area contributed by atoms with Crippen molar-refractivity contribution < 1.29 is 13.9 Å². The Kier molecular flexibility index (Phi) is 3.23. The third-order valence-electron chi connectivity index (χ3n) is 1.39. The van der Waals surface area contributed by atoms with Gasteiger partial charge in [-0.1, -0.05) is 0 Å². The lowest BCUT2D eigenvalue weighted by Crippen LogP contribution is -2.00. The Morgan fingerprint density at radius 3 is 2.92 bits per heavy atom. The number of benzene rings is 1. The number of methoxy groups -OCH3 is 1. The van der Waals surface area contributed by atoms with E-state index >= 15 is 0 Å². The van der Waals surface area contributed by atoms with Gasteiger partial charge in [-0.3, -0.25) is 0 Å². The summed E-state index contributed by atoms with van der Waals surface area (Å²) in [5.74, 6) is -0.475. The number of nitrogens with zero attached hydrogens (tertiary/aromatic N) is 1. The van der Waals surface area contributed by atoms with Gasteiger partial charge in [0.2, 0.25) is 0 Å². The van der Waals surface area contributed by atoms with Gasteiger partial charge in [0, 0.05) is 13.2 Å². The number of nitriles is 1. The molecule has 0 bridgehead atoms. The van der Waals surface area contributed by atoms with E-state index < -0.39 is 5.82 Å². The number of ether oxygens (including phenoxy) is 2. The normalized spacial score (nSPS) is 9.31. The van der Waals surface area contributed by atoms with Crippen LogP contribution in [0, 0.1) is 17.1 Å². The predicted octanol–water partition coefficient (Wildman–Crippen LogP) is 1.68. The molecule has 13 heavy (non-hydrogen) atoms. The Balaban J connectivity index is 2.85. The van der Waals surface area contributed by atoms with Crippen molar-refractivity contribution in [1.82, 2.24) is 0 Å². The van der Waals surface area contributed by atoms with E-state index in [1.165, 1.54) is 25.3 Å². The van der Waals surface area contributed by atoms with E-state index in [2.05, 4.69) is 4.74 Å². The van der Waals surface area contributed by atoms with Crippen molar-refractivity contribution in [2.75, 3.05) is 13.9 Å². The van der Waals surface area contributed by atoms with E-state index in [4.69, 9.17) is 10.00 Å². The summed E-state index contributed by atoms with van der Waals surface area (Å²) >= 11 is 0. The molecule has 0 spiro atoms. The van der Waals surface area contributed by atoms with Gasteiger partial charge in [0.1, 0.15) is 0 Å². The summed E-state index contributed by atoms with van der Waals surface area (Å²) in [4.78, 5) is 0. The smallest absolute Gasteiger partial charge is 0.188 e. The van der Waals surface area contributed by atoms with E-state index in [0.29, 0.717) is 5.56 Å². The summed E-state index contributed by atoms with van der Waals surface area (Å²) in [5.41, 5.74) is 0.354. The highest BCUT2D eigenvalue weighted by atomic mass is 19.1. The monoisotopic (exact) mass is 181 g/mol. The zero-order chi connectivity index (χ0) is 9.68. The van der Waals surface area contributed by atoms with Gasteiger partial charge >= 0.3 is 0 Å². The Morgan fingerprint density at radius 1 is 1.54 bits per heavy atom. The van der Waals surface area contributed by atoms with Crippen LogP contribution in [0.25, 0.3) is 0 Å². The van der Waals surface area contributed by atoms with Crippen LogP contribution in [0.15, 0.2) is 18.2 Å². The molecule has 0 aliphatic heterocycles. The number of hydrogen-bond donors (Lipinski definition) is 0. The molecule has 0 saturated carbocycles. The maximum Gasteiger partial charge on any atom is 0.188 e. The summed E-state index contributed by atoms with van der Waals surface area (Å²) in [7, 11) is 1.44. The summed E-state index contributed by atoms with van der Waals surface area (Å²) in [6.07, 6.45) is 0. The molecule has 0 N–H and O–H groups in total. The summed E-state index contributed by atoms with van der Waals surface area (Å²) in [6.45, 7) is -0.0359. The van der Waals surface area contributed by atoms with Crippen LogP contribution in [0.4, 0.5) is 4.39 Å². The number of hydrogen-bond acceptors (Lipinski definition) is 3. The van der Waals surface area contributed by atoms with Crippen LogP contribution in [0.1, 0.15) is 5.56 Å². The first kappa shape index (κ1) is 9.49. The fourth-order valence-electron chi connectivity index (χ4n) is 0.806. The average Bonchev–Trinajstić information content (AvgIpc) is 2.17. The van der Waals surface area contributed by atoms with Crippen LogP contribution in [-0.2, 0) is 4.74 Å². The fraction of sp³-hybridized carbons (Fsp3) is 0.222. The van der Waals surface area contributed by atoms with E-state index in [1.54, 1.807) is 0 Å². The van der Waals surface area contributed by atoms with Gasteiger partial charge in [-0.25, -0.2) is 4.39 Å². The number of halogens is 1. The molecular formula is C9H8FNO2. The van der Waals surface area contributed by atoms with Crippen molar-refractivity contribution in [3.05, 3.63) is 29.6 Å². The quantitative estimate of drug-likeness (QED) is 0.666. The molecule has 0 saturated heterocycles. The van der Waals surface area contributed by atoms with Gasteiger partial charge in [0.05, 0.1) is 11.6 Å². The Morgan fingerprint density at radius 2 is 2.31 bits per heavy atom. The average molecular weight is 181 g/mol. The lowest BCUT2D eigenvalue weighted by molar-refractivity contribution is 0.0483. The Hall–Kier alpha value is -1.60. The minimum absolute atomic E-state index is 0.0286. The second-order valence-corrected chi connectivity index (χ2v) is 2.31. The van der Waals surface area contributed by atoms with E-state index in [-0.39, 0.29) is 12.5 Å². The molecule has 0 atom stereocenters. The highest BCUT2D eigenvalue weighted by Gasteiger charge is 2.03. The lowest BCUT2D eigenvalue weighted by Gasteiger charge is -2.05. The van der Waals surface area contributed by atoms with E-state index in [9.17, 15) is 4.39 Å². The van der Waals surface area contributed by atoms with Gasteiger partial charge in [-0.05, 0) is 12.1 Å². The zero-order valence-corrected chi connectivity index (χ0v) is 7.08. The first-order valence-electron chi connectivity index (χ1n) is 3.59. The van der Waals surface area contributed by atoms with E-state index in [1.807, 2.05) is 6.07 Å². The highest BCUT2D eigenvalue weighted by molar-refractivity contribution is 5.37.